The number of carbonyl (C=O) groups is 1. The maximum Gasteiger partial charge on any atom is 0.276 e. The standard InChI is InChI=1S/C24H21N3O2/c1-16-12-13-21(17(2)14-16)25-23(28)22-19-10-6-7-11-20(19)24(29)27(26-22)15-18-8-4-3-5-9-18/h3-14H,15H2,1-2H3,(H,25,28). The van der Waals surface area contributed by atoms with Crippen molar-refractivity contribution in [2.24, 2.45) is 0 Å². The molecule has 0 radical (unpaired) electrons. The Balaban J connectivity index is 1.79. The number of aromatic nitrogens is 2. The average molecular weight is 383 g/mol. The fourth-order valence-electron chi connectivity index (χ4n) is 3.40. The van der Waals surface area contributed by atoms with Gasteiger partial charge < -0.3 is 5.32 Å². The molecule has 1 amide bonds. The van der Waals surface area contributed by atoms with Gasteiger partial charge in [0.05, 0.1) is 11.9 Å². The van der Waals surface area contributed by atoms with E-state index in [9.17, 15) is 9.59 Å². The summed E-state index contributed by atoms with van der Waals surface area (Å²) in [7, 11) is 0. The monoisotopic (exact) mass is 383 g/mol. The van der Waals surface area contributed by atoms with E-state index < -0.39 is 0 Å². The van der Waals surface area contributed by atoms with Crippen LogP contribution in [-0.4, -0.2) is 15.7 Å². The van der Waals surface area contributed by atoms with Gasteiger partial charge in [-0.3, -0.25) is 9.59 Å². The Morgan fingerprint density at radius 1 is 0.931 bits per heavy atom. The van der Waals surface area contributed by atoms with Crippen LogP contribution < -0.4 is 10.9 Å². The van der Waals surface area contributed by atoms with Gasteiger partial charge in [-0.25, -0.2) is 4.68 Å². The van der Waals surface area contributed by atoms with Crippen molar-refractivity contribution in [3.8, 4) is 0 Å². The van der Waals surface area contributed by atoms with E-state index in [0.29, 0.717) is 17.3 Å². The quantitative estimate of drug-likeness (QED) is 0.571. The van der Waals surface area contributed by atoms with Gasteiger partial charge in [-0.05, 0) is 37.1 Å². The van der Waals surface area contributed by atoms with Crippen molar-refractivity contribution >= 4 is 22.4 Å². The first-order valence-corrected chi connectivity index (χ1v) is 9.45. The maximum atomic E-state index is 13.1. The van der Waals surface area contributed by atoms with Crippen LogP contribution in [0.3, 0.4) is 0 Å². The van der Waals surface area contributed by atoms with Crippen LogP contribution in [0.15, 0.2) is 77.6 Å². The van der Waals surface area contributed by atoms with Gasteiger partial charge >= 0.3 is 0 Å². The Hall–Kier alpha value is -3.73. The Labute approximate surface area is 168 Å². The Morgan fingerprint density at radius 2 is 1.62 bits per heavy atom. The van der Waals surface area contributed by atoms with E-state index in [-0.39, 0.29) is 17.2 Å². The van der Waals surface area contributed by atoms with E-state index in [1.165, 1.54) is 4.68 Å². The Bertz CT molecular complexity index is 1260. The van der Waals surface area contributed by atoms with E-state index in [4.69, 9.17) is 0 Å². The van der Waals surface area contributed by atoms with Gasteiger partial charge in [-0.1, -0.05) is 66.2 Å². The highest BCUT2D eigenvalue weighted by Crippen LogP contribution is 2.19. The van der Waals surface area contributed by atoms with Crippen LogP contribution in [0, 0.1) is 13.8 Å². The highest BCUT2D eigenvalue weighted by molar-refractivity contribution is 6.11. The Kier molecular flexibility index (Phi) is 4.96. The number of aryl methyl sites for hydroxylation is 2. The minimum Gasteiger partial charge on any atom is -0.320 e. The second kappa shape index (κ2) is 7.72. The first-order chi connectivity index (χ1) is 14.0. The van der Waals surface area contributed by atoms with Crippen LogP contribution in [0.4, 0.5) is 5.69 Å². The molecule has 3 aromatic carbocycles. The van der Waals surface area contributed by atoms with Gasteiger partial charge in [0.2, 0.25) is 0 Å². The summed E-state index contributed by atoms with van der Waals surface area (Å²) in [5.74, 6) is -0.338. The predicted molar refractivity (Wildman–Crippen MR) is 115 cm³/mol. The van der Waals surface area contributed by atoms with E-state index >= 15 is 0 Å². The molecule has 1 aromatic heterocycles. The third kappa shape index (κ3) is 3.80. The summed E-state index contributed by atoms with van der Waals surface area (Å²) in [5, 5.41) is 8.39. The van der Waals surface area contributed by atoms with Crippen molar-refractivity contribution in [1.82, 2.24) is 9.78 Å². The zero-order valence-corrected chi connectivity index (χ0v) is 16.3. The Morgan fingerprint density at radius 3 is 2.34 bits per heavy atom. The predicted octanol–water partition coefficient (Wildman–Crippen LogP) is 4.31. The maximum absolute atomic E-state index is 13.1. The molecule has 1 heterocycles. The number of fused-ring (bicyclic) bond motifs is 1. The highest BCUT2D eigenvalue weighted by atomic mass is 16.2. The van der Waals surface area contributed by atoms with Crippen molar-refractivity contribution in [3.05, 3.63) is 106 Å². The molecule has 0 aliphatic rings. The molecule has 0 unspecified atom stereocenters. The summed E-state index contributed by atoms with van der Waals surface area (Å²) < 4.78 is 1.36. The third-order valence-corrected chi connectivity index (χ3v) is 4.89. The molecule has 0 aliphatic carbocycles. The molecule has 29 heavy (non-hydrogen) atoms. The van der Waals surface area contributed by atoms with Gasteiger partial charge in [0.1, 0.15) is 0 Å². The van der Waals surface area contributed by atoms with Crippen LogP contribution >= 0.6 is 0 Å². The molecule has 0 aliphatic heterocycles. The molecule has 0 bridgehead atoms. The fourth-order valence-corrected chi connectivity index (χ4v) is 3.40. The lowest BCUT2D eigenvalue weighted by Gasteiger charge is -2.13. The topological polar surface area (TPSA) is 64.0 Å². The van der Waals surface area contributed by atoms with E-state index in [2.05, 4.69) is 10.4 Å². The van der Waals surface area contributed by atoms with Gasteiger partial charge in [-0.15, -0.1) is 0 Å². The average Bonchev–Trinajstić information content (AvgIpc) is 2.73. The summed E-state index contributed by atoms with van der Waals surface area (Å²) in [6.07, 6.45) is 0. The number of rotatable bonds is 4. The molecule has 0 atom stereocenters. The summed E-state index contributed by atoms with van der Waals surface area (Å²) in [5.41, 5.74) is 3.79. The number of hydrogen-bond donors (Lipinski definition) is 1. The van der Waals surface area contributed by atoms with E-state index in [0.717, 1.165) is 22.4 Å². The molecule has 4 aromatic rings. The zero-order valence-electron chi connectivity index (χ0n) is 16.3. The first kappa shape index (κ1) is 18.6. The van der Waals surface area contributed by atoms with Gasteiger partial charge in [0, 0.05) is 11.1 Å². The number of anilines is 1. The normalized spacial score (nSPS) is 10.8. The smallest absolute Gasteiger partial charge is 0.276 e. The van der Waals surface area contributed by atoms with Crippen molar-refractivity contribution in [2.75, 3.05) is 5.32 Å². The van der Waals surface area contributed by atoms with Crippen molar-refractivity contribution in [1.29, 1.82) is 0 Å². The second-order valence-electron chi connectivity index (χ2n) is 7.12. The van der Waals surface area contributed by atoms with Crippen molar-refractivity contribution in [2.45, 2.75) is 20.4 Å². The summed E-state index contributed by atoms with van der Waals surface area (Å²) in [4.78, 5) is 26.0. The number of carbonyl (C=O) groups excluding carboxylic acids is 1. The number of hydrogen-bond acceptors (Lipinski definition) is 3. The lowest BCUT2D eigenvalue weighted by atomic mass is 10.1. The molecule has 0 saturated heterocycles. The van der Waals surface area contributed by atoms with Gasteiger partial charge in [0.25, 0.3) is 11.5 Å². The van der Waals surface area contributed by atoms with Gasteiger partial charge in [0.15, 0.2) is 5.69 Å². The molecule has 0 saturated carbocycles. The minimum absolute atomic E-state index is 0.215. The molecule has 1 N–H and O–H groups in total. The number of benzene rings is 3. The van der Waals surface area contributed by atoms with Crippen LogP contribution in [0.2, 0.25) is 0 Å². The lowest BCUT2D eigenvalue weighted by Crippen LogP contribution is -2.28. The second-order valence-corrected chi connectivity index (χ2v) is 7.12. The number of nitrogens with zero attached hydrogens (tertiary/aromatic N) is 2. The number of nitrogens with one attached hydrogen (secondary N) is 1. The molecule has 0 spiro atoms. The lowest BCUT2D eigenvalue weighted by molar-refractivity contribution is 0.102. The van der Waals surface area contributed by atoms with E-state index in [1.807, 2.05) is 62.4 Å². The molecule has 5 nitrogen and oxygen atoms in total. The first-order valence-electron chi connectivity index (χ1n) is 9.45. The van der Waals surface area contributed by atoms with Crippen LogP contribution in [0.25, 0.3) is 10.8 Å². The molecular weight excluding hydrogens is 362 g/mol. The van der Waals surface area contributed by atoms with E-state index in [1.54, 1.807) is 24.3 Å². The van der Waals surface area contributed by atoms with Gasteiger partial charge in [-0.2, -0.15) is 5.10 Å². The van der Waals surface area contributed by atoms with Crippen LogP contribution in [-0.2, 0) is 6.54 Å². The number of amides is 1. The SMILES string of the molecule is Cc1ccc(NC(=O)c2nn(Cc3ccccc3)c(=O)c3ccccc23)c(C)c1. The summed E-state index contributed by atoms with van der Waals surface area (Å²) in [6.45, 7) is 4.26. The fraction of sp³-hybridized carbons (Fsp3) is 0.125. The van der Waals surface area contributed by atoms with Crippen molar-refractivity contribution in [3.63, 3.8) is 0 Å². The largest absolute Gasteiger partial charge is 0.320 e. The van der Waals surface area contributed by atoms with Crippen LogP contribution in [0.1, 0.15) is 27.2 Å². The summed E-state index contributed by atoms with van der Waals surface area (Å²) in [6, 6.07) is 22.5. The minimum atomic E-state index is -0.338. The molecule has 5 heteroatoms. The molecule has 4 rings (SSSR count). The molecular formula is C24H21N3O2. The van der Waals surface area contributed by atoms with Crippen molar-refractivity contribution < 1.29 is 4.79 Å². The summed E-state index contributed by atoms with van der Waals surface area (Å²) >= 11 is 0. The zero-order chi connectivity index (χ0) is 20.4. The molecule has 144 valence electrons. The third-order valence-electron chi connectivity index (χ3n) is 4.89. The van der Waals surface area contributed by atoms with Crippen LogP contribution in [0.5, 0.6) is 0 Å². The highest BCUT2D eigenvalue weighted by Gasteiger charge is 2.17. The molecule has 0 fully saturated rings.